The van der Waals surface area contributed by atoms with Crippen molar-refractivity contribution < 1.29 is 23.7 Å². The van der Waals surface area contributed by atoms with Crippen LogP contribution < -0.4 is 23.7 Å². The second kappa shape index (κ2) is 7.39. The van der Waals surface area contributed by atoms with Gasteiger partial charge >= 0.3 is 0 Å². The first-order chi connectivity index (χ1) is 12.6. The lowest BCUT2D eigenvalue weighted by Crippen LogP contribution is -1.96. The van der Waals surface area contributed by atoms with Crippen LogP contribution in [0.25, 0.3) is 22.0 Å². The van der Waals surface area contributed by atoms with E-state index in [-0.39, 0.29) is 0 Å². The van der Waals surface area contributed by atoms with E-state index in [1.807, 2.05) is 30.3 Å². The molecule has 0 aliphatic carbocycles. The summed E-state index contributed by atoms with van der Waals surface area (Å²) in [6.45, 7) is 0. The van der Waals surface area contributed by atoms with E-state index in [1.165, 1.54) is 0 Å². The molecule has 3 rings (SSSR count). The zero-order valence-corrected chi connectivity index (χ0v) is 15.5. The summed E-state index contributed by atoms with van der Waals surface area (Å²) < 4.78 is 27.0. The van der Waals surface area contributed by atoms with Crippen LogP contribution in [0.2, 0.25) is 0 Å². The number of methoxy groups -OCH3 is 5. The van der Waals surface area contributed by atoms with E-state index in [9.17, 15) is 0 Å². The molecule has 0 atom stereocenters. The van der Waals surface area contributed by atoms with Gasteiger partial charge < -0.3 is 23.7 Å². The van der Waals surface area contributed by atoms with Gasteiger partial charge in [0.15, 0.2) is 11.5 Å². The second-order valence-corrected chi connectivity index (χ2v) is 5.53. The lowest BCUT2D eigenvalue weighted by Gasteiger charge is -2.14. The largest absolute Gasteiger partial charge is 0.497 e. The number of hydrogen-bond donors (Lipinski definition) is 0. The average molecular weight is 355 g/mol. The number of rotatable bonds is 6. The lowest BCUT2D eigenvalue weighted by molar-refractivity contribution is 0.324. The molecule has 0 fully saturated rings. The molecular weight excluding hydrogens is 334 g/mol. The predicted molar refractivity (Wildman–Crippen MR) is 99.9 cm³/mol. The number of ether oxygens (including phenoxy) is 5. The van der Waals surface area contributed by atoms with E-state index in [4.69, 9.17) is 23.7 Å². The zero-order chi connectivity index (χ0) is 18.7. The van der Waals surface area contributed by atoms with Crippen molar-refractivity contribution >= 4 is 10.8 Å². The van der Waals surface area contributed by atoms with Gasteiger partial charge in [0.05, 0.1) is 41.2 Å². The van der Waals surface area contributed by atoms with Crippen LogP contribution in [0.5, 0.6) is 28.7 Å². The highest BCUT2D eigenvalue weighted by atomic mass is 16.5. The molecule has 0 unspecified atom stereocenters. The monoisotopic (exact) mass is 355 g/mol. The topological polar surface area (TPSA) is 59.0 Å². The van der Waals surface area contributed by atoms with Crippen LogP contribution in [-0.2, 0) is 0 Å². The molecule has 0 bridgehead atoms. The lowest BCUT2D eigenvalue weighted by atomic mass is 10.1. The van der Waals surface area contributed by atoms with E-state index < -0.39 is 0 Å². The Balaban J connectivity index is 2.19. The second-order valence-electron chi connectivity index (χ2n) is 5.53. The summed E-state index contributed by atoms with van der Waals surface area (Å²) in [4.78, 5) is 4.57. The summed E-state index contributed by atoms with van der Waals surface area (Å²) in [6.07, 6.45) is 1.78. The van der Waals surface area contributed by atoms with Crippen molar-refractivity contribution in [1.29, 1.82) is 0 Å². The fourth-order valence-electron chi connectivity index (χ4n) is 2.87. The molecule has 0 radical (unpaired) electrons. The third-order valence-corrected chi connectivity index (χ3v) is 4.19. The number of nitrogens with zero attached hydrogens (tertiary/aromatic N) is 1. The van der Waals surface area contributed by atoms with E-state index in [0.29, 0.717) is 23.0 Å². The minimum absolute atomic E-state index is 0.544. The Morgan fingerprint density at radius 2 is 1.31 bits per heavy atom. The van der Waals surface area contributed by atoms with Crippen molar-refractivity contribution in [2.75, 3.05) is 35.5 Å². The maximum atomic E-state index is 5.44. The van der Waals surface area contributed by atoms with Crippen molar-refractivity contribution in [3.63, 3.8) is 0 Å². The molecule has 136 valence electrons. The maximum absolute atomic E-state index is 5.44. The average Bonchev–Trinajstić information content (AvgIpc) is 2.70. The number of fused-ring (bicyclic) bond motifs is 1. The quantitative estimate of drug-likeness (QED) is 0.667. The van der Waals surface area contributed by atoms with Gasteiger partial charge in [-0.15, -0.1) is 0 Å². The fourth-order valence-corrected chi connectivity index (χ4v) is 2.87. The minimum Gasteiger partial charge on any atom is -0.497 e. The van der Waals surface area contributed by atoms with Gasteiger partial charge in [0.25, 0.3) is 0 Å². The molecule has 1 heterocycles. The molecule has 0 saturated carbocycles. The molecule has 0 amide bonds. The van der Waals surface area contributed by atoms with Gasteiger partial charge in [-0.25, -0.2) is 0 Å². The Hall–Kier alpha value is -3.15. The Bertz CT molecular complexity index is 914. The Morgan fingerprint density at radius 3 is 1.85 bits per heavy atom. The van der Waals surface area contributed by atoms with Gasteiger partial charge in [0, 0.05) is 23.2 Å². The molecule has 0 N–H and O–H groups in total. The Labute approximate surface area is 152 Å². The Kier molecular flexibility index (Phi) is 5.02. The molecule has 0 saturated heterocycles. The molecule has 0 spiro atoms. The smallest absolute Gasteiger partial charge is 0.203 e. The van der Waals surface area contributed by atoms with Crippen LogP contribution in [-0.4, -0.2) is 40.5 Å². The number of pyridine rings is 1. The van der Waals surface area contributed by atoms with Crippen molar-refractivity contribution in [3.05, 3.63) is 36.5 Å². The van der Waals surface area contributed by atoms with Crippen LogP contribution in [0.1, 0.15) is 0 Å². The fraction of sp³-hybridized carbons (Fsp3) is 0.250. The molecule has 0 aliphatic heterocycles. The number of benzene rings is 2. The minimum atomic E-state index is 0.544. The van der Waals surface area contributed by atoms with E-state index in [1.54, 1.807) is 41.7 Å². The highest BCUT2D eigenvalue weighted by Gasteiger charge is 2.15. The Morgan fingerprint density at radius 1 is 0.654 bits per heavy atom. The zero-order valence-electron chi connectivity index (χ0n) is 15.5. The first kappa shape index (κ1) is 17.7. The maximum Gasteiger partial charge on any atom is 0.203 e. The van der Waals surface area contributed by atoms with Crippen LogP contribution in [0.15, 0.2) is 36.5 Å². The molecule has 3 aromatic rings. The van der Waals surface area contributed by atoms with Gasteiger partial charge in [-0.05, 0) is 29.7 Å². The summed E-state index contributed by atoms with van der Waals surface area (Å²) in [5, 5.41) is 1.87. The third-order valence-electron chi connectivity index (χ3n) is 4.19. The SMILES string of the molecule is COc1cc(OC)c2cnc(-c3cc(OC)c(OC)c(OC)c3)cc2c1. The molecular formula is C20H21NO5. The molecule has 6 heteroatoms. The molecule has 2 aromatic carbocycles. The van der Waals surface area contributed by atoms with Gasteiger partial charge in [-0.1, -0.05) is 0 Å². The van der Waals surface area contributed by atoms with Crippen molar-refractivity contribution in [1.82, 2.24) is 4.98 Å². The summed E-state index contributed by atoms with van der Waals surface area (Å²) in [5.74, 6) is 3.13. The van der Waals surface area contributed by atoms with Crippen molar-refractivity contribution in [3.8, 4) is 40.0 Å². The molecule has 26 heavy (non-hydrogen) atoms. The van der Waals surface area contributed by atoms with Crippen molar-refractivity contribution in [2.24, 2.45) is 0 Å². The van der Waals surface area contributed by atoms with Gasteiger partial charge in [0.2, 0.25) is 5.75 Å². The summed E-state index contributed by atoms with van der Waals surface area (Å²) >= 11 is 0. The normalized spacial score (nSPS) is 10.5. The van der Waals surface area contributed by atoms with Gasteiger partial charge in [-0.2, -0.15) is 0 Å². The van der Waals surface area contributed by atoms with Crippen LogP contribution in [0.4, 0.5) is 0 Å². The molecule has 6 nitrogen and oxygen atoms in total. The molecule has 0 aliphatic rings. The standard InChI is InChI=1S/C20H21NO5/c1-22-14-6-12-7-16(21-11-15(12)17(10-14)23-2)13-8-18(24-3)20(26-5)19(9-13)25-4/h6-11H,1-5H3. The number of aromatic nitrogens is 1. The van der Waals surface area contributed by atoms with Gasteiger partial charge in [0.1, 0.15) is 11.5 Å². The summed E-state index contributed by atoms with van der Waals surface area (Å²) in [5.41, 5.74) is 1.62. The van der Waals surface area contributed by atoms with E-state index in [2.05, 4.69) is 4.98 Å². The van der Waals surface area contributed by atoms with E-state index in [0.717, 1.165) is 27.8 Å². The third kappa shape index (κ3) is 3.06. The van der Waals surface area contributed by atoms with Crippen LogP contribution in [0.3, 0.4) is 0 Å². The first-order valence-electron chi connectivity index (χ1n) is 7.97. The van der Waals surface area contributed by atoms with Gasteiger partial charge in [-0.3, -0.25) is 4.98 Å². The molecule has 1 aromatic heterocycles. The van der Waals surface area contributed by atoms with Crippen LogP contribution >= 0.6 is 0 Å². The summed E-state index contributed by atoms with van der Waals surface area (Å²) in [7, 11) is 8.01. The number of hydrogen-bond acceptors (Lipinski definition) is 6. The summed E-state index contributed by atoms with van der Waals surface area (Å²) in [6, 6.07) is 9.49. The predicted octanol–water partition coefficient (Wildman–Crippen LogP) is 3.94. The van der Waals surface area contributed by atoms with E-state index >= 15 is 0 Å². The highest BCUT2D eigenvalue weighted by Crippen LogP contribution is 2.41. The first-order valence-corrected chi connectivity index (χ1v) is 7.97. The highest BCUT2D eigenvalue weighted by molar-refractivity contribution is 5.91. The van der Waals surface area contributed by atoms with Crippen LogP contribution in [0, 0.1) is 0 Å². The van der Waals surface area contributed by atoms with Crippen molar-refractivity contribution in [2.45, 2.75) is 0 Å².